The molecule has 0 radical (unpaired) electrons. The minimum Gasteiger partial charge on any atom is -0.383 e. The average Bonchev–Trinajstić information content (AvgIpc) is 3.36. The van der Waals surface area contributed by atoms with Crippen molar-refractivity contribution in [2.75, 3.05) is 23.7 Å². The lowest BCUT2D eigenvalue weighted by molar-refractivity contribution is 0.0951. The van der Waals surface area contributed by atoms with E-state index in [1.165, 1.54) is 19.3 Å². The molecule has 196 valence electrons. The van der Waals surface area contributed by atoms with Gasteiger partial charge in [0.05, 0.1) is 5.56 Å². The van der Waals surface area contributed by atoms with Crippen LogP contribution in [-0.4, -0.2) is 38.5 Å². The van der Waals surface area contributed by atoms with E-state index in [9.17, 15) is 4.79 Å². The number of carbonyl (C=O) groups excluding carboxylic acids is 1. The van der Waals surface area contributed by atoms with E-state index >= 15 is 0 Å². The first-order chi connectivity index (χ1) is 19.1. The van der Waals surface area contributed by atoms with Crippen molar-refractivity contribution >= 4 is 44.6 Å². The van der Waals surface area contributed by atoms with E-state index in [1.54, 1.807) is 18.3 Å². The highest BCUT2D eigenvalue weighted by Gasteiger charge is 2.20. The van der Waals surface area contributed by atoms with Crippen molar-refractivity contribution in [1.82, 2.24) is 24.8 Å². The molecule has 5 aromatic rings. The summed E-state index contributed by atoms with van der Waals surface area (Å²) in [6.45, 7) is 2.44. The maximum Gasteiger partial charge on any atom is 0.251 e. The van der Waals surface area contributed by atoms with Gasteiger partial charge in [0.25, 0.3) is 5.91 Å². The molecule has 0 spiro atoms. The molecule has 0 unspecified atom stereocenters. The van der Waals surface area contributed by atoms with Gasteiger partial charge in [-0.25, -0.2) is 15.0 Å². The second-order valence-electron chi connectivity index (χ2n) is 9.62. The van der Waals surface area contributed by atoms with Gasteiger partial charge in [0.15, 0.2) is 11.5 Å². The minimum absolute atomic E-state index is 0.115. The monoisotopic (exact) mass is 581 g/mol. The Hall–Kier alpha value is -4.24. The fraction of sp³-hybridized carbons (Fsp3) is 0.200. The number of nitrogens with zero attached hydrogens (tertiary/aromatic N) is 5. The van der Waals surface area contributed by atoms with Gasteiger partial charge < -0.3 is 16.0 Å². The molecule has 6 rings (SSSR count). The Morgan fingerprint density at radius 1 is 0.923 bits per heavy atom. The highest BCUT2D eigenvalue weighted by Crippen LogP contribution is 2.32. The molecule has 1 amide bonds. The largest absolute Gasteiger partial charge is 0.383 e. The van der Waals surface area contributed by atoms with Crippen LogP contribution < -0.4 is 16.0 Å². The summed E-state index contributed by atoms with van der Waals surface area (Å²) in [4.78, 5) is 29.2. The number of nitrogens with one attached hydrogen (secondary N) is 1. The van der Waals surface area contributed by atoms with Crippen LogP contribution in [0.15, 0.2) is 83.5 Å². The van der Waals surface area contributed by atoms with Crippen molar-refractivity contribution in [3.63, 3.8) is 0 Å². The maximum atomic E-state index is 12.6. The summed E-state index contributed by atoms with van der Waals surface area (Å²) in [5.74, 6) is 1.95. The summed E-state index contributed by atoms with van der Waals surface area (Å²) in [6, 6.07) is 23.2. The number of hydrogen-bond donors (Lipinski definition) is 2. The molecule has 0 aliphatic carbocycles. The Balaban J connectivity index is 1.34. The number of rotatable bonds is 6. The SMILES string of the molecule is Nc1ncccc1-c1nc2ccc(N3CCCCC3)nc2n1-c1ccc(CNC(=O)c2ccc(Br)cc2)cc1. The van der Waals surface area contributed by atoms with Crippen LogP contribution in [0.2, 0.25) is 0 Å². The number of benzene rings is 2. The van der Waals surface area contributed by atoms with Crippen molar-refractivity contribution in [2.45, 2.75) is 25.8 Å². The van der Waals surface area contributed by atoms with E-state index in [1.807, 2.05) is 59.2 Å². The lowest BCUT2D eigenvalue weighted by atomic mass is 10.1. The van der Waals surface area contributed by atoms with Gasteiger partial charge in [-0.1, -0.05) is 28.1 Å². The molecule has 3 N–H and O–H groups in total. The van der Waals surface area contributed by atoms with Crippen molar-refractivity contribution in [1.29, 1.82) is 0 Å². The smallest absolute Gasteiger partial charge is 0.251 e. The zero-order valence-electron chi connectivity index (χ0n) is 21.3. The topological polar surface area (TPSA) is 102 Å². The van der Waals surface area contributed by atoms with Crippen LogP contribution in [0.1, 0.15) is 35.2 Å². The van der Waals surface area contributed by atoms with Gasteiger partial charge in [-0.2, -0.15) is 0 Å². The summed E-state index contributed by atoms with van der Waals surface area (Å²) < 4.78 is 2.98. The summed E-state index contributed by atoms with van der Waals surface area (Å²) >= 11 is 3.40. The van der Waals surface area contributed by atoms with Gasteiger partial charge in [-0.15, -0.1) is 0 Å². The third-order valence-electron chi connectivity index (χ3n) is 7.00. The van der Waals surface area contributed by atoms with Crippen LogP contribution in [-0.2, 0) is 6.54 Å². The van der Waals surface area contributed by atoms with Crippen LogP contribution in [0.5, 0.6) is 0 Å². The van der Waals surface area contributed by atoms with Crippen LogP contribution >= 0.6 is 15.9 Å². The van der Waals surface area contributed by atoms with E-state index < -0.39 is 0 Å². The summed E-state index contributed by atoms with van der Waals surface area (Å²) in [7, 11) is 0. The van der Waals surface area contributed by atoms with Gasteiger partial charge in [-0.05, 0) is 85.5 Å². The van der Waals surface area contributed by atoms with Crippen LogP contribution in [0.4, 0.5) is 11.6 Å². The van der Waals surface area contributed by atoms with Gasteiger partial charge in [0.1, 0.15) is 17.2 Å². The third-order valence-corrected chi connectivity index (χ3v) is 7.53. The molecule has 9 heteroatoms. The molecule has 0 atom stereocenters. The Morgan fingerprint density at radius 3 is 2.44 bits per heavy atom. The van der Waals surface area contributed by atoms with Crippen molar-refractivity contribution in [3.05, 3.63) is 94.6 Å². The molecule has 2 aromatic carbocycles. The van der Waals surface area contributed by atoms with E-state index in [4.69, 9.17) is 15.7 Å². The predicted molar refractivity (Wildman–Crippen MR) is 158 cm³/mol. The Morgan fingerprint density at radius 2 is 1.69 bits per heavy atom. The number of amides is 1. The minimum atomic E-state index is -0.115. The molecular weight excluding hydrogens is 554 g/mol. The lowest BCUT2D eigenvalue weighted by Crippen LogP contribution is -2.30. The normalized spacial score (nSPS) is 13.5. The second kappa shape index (κ2) is 10.9. The van der Waals surface area contributed by atoms with Crippen LogP contribution in [0.3, 0.4) is 0 Å². The number of aromatic nitrogens is 4. The zero-order chi connectivity index (χ0) is 26.8. The maximum absolute atomic E-state index is 12.6. The molecule has 3 aromatic heterocycles. The molecule has 39 heavy (non-hydrogen) atoms. The van der Waals surface area contributed by atoms with Gasteiger partial charge in [-0.3, -0.25) is 9.36 Å². The van der Waals surface area contributed by atoms with E-state index in [0.717, 1.165) is 51.4 Å². The van der Waals surface area contributed by atoms with Crippen molar-refractivity contribution in [2.24, 2.45) is 0 Å². The van der Waals surface area contributed by atoms with Crippen LogP contribution in [0, 0.1) is 0 Å². The molecular formula is C30H28BrN7O. The third kappa shape index (κ3) is 5.22. The average molecular weight is 583 g/mol. The molecule has 1 saturated heterocycles. The Bertz CT molecular complexity index is 1620. The first-order valence-electron chi connectivity index (χ1n) is 13.1. The molecule has 4 heterocycles. The first kappa shape index (κ1) is 25.1. The van der Waals surface area contributed by atoms with E-state index in [-0.39, 0.29) is 5.91 Å². The number of halogens is 1. The number of anilines is 2. The molecule has 1 aliphatic rings. The van der Waals surface area contributed by atoms with Gasteiger partial charge in [0, 0.05) is 41.6 Å². The highest BCUT2D eigenvalue weighted by atomic mass is 79.9. The number of piperidine rings is 1. The van der Waals surface area contributed by atoms with Gasteiger partial charge >= 0.3 is 0 Å². The van der Waals surface area contributed by atoms with E-state index in [2.05, 4.69) is 37.2 Å². The van der Waals surface area contributed by atoms with Gasteiger partial charge in [0.2, 0.25) is 0 Å². The molecule has 8 nitrogen and oxygen atoms in total. The summed E-state index contributed by atoms with van der Waals surface area (Å²) in [5, 5.41) is 2.99. The second-order valence-corrected chi connectivity index (χ2v) is 10.5. The predicted octanol–water partition coefficient (Wildman–Crippen LogP) is 5.75. The number of imidazole rings is 1. The number of nitrogen functional groups attached to an aromatic ring is 1. The number of pyridine rings is 2. The highest BCUT2D eigenvalue weighted by molar-refractivity contribution is 9.10. The number of fused-ring (bicyclic) bond motifs is 1. The number of carbonyl (C=O) groups is 1. The van der Waals surface area contributed by atoms with Crippen molar-refractivity contribution < 1.29 is 4.79 Å². The molecule has 0 bridgehead atoms. The standard InChI is InChI=1S/C30H28BrN7O/c31-22-10-8-21(9-11-22)30(39)34-19-20-6-12-23(13-7-20)38-28(24-5-4-16-33-27(24)32)35-25-14-15-26(36-29(25)38)37-17-2-1-3-18-37/h4-16H,1-3,17-19H2,(H2,32,33)(H,34,39). The fourth-order valence-corrected chi connectivity index (χ4v) is 5.19. The molecule has 1 fully saturated rings. The summed E-state index contributed by atoms with van der Waals surface area (Å²) in [5.41, 5.74) is 11.1. The molecule has 0 saturated carbocycles. The van der Waals surface area contributed by atoms with Crippen molar-refractivity contribution in [3.8, 4) is 17.1 Å². The van der Waals surface area contributed by atoms with Crippen LogP contribution in [0.25, 0.3) is 28.2 Å². The fourth-order valence-electron chi connectivity index (χ4n) is 4.93. The Labute approximate surface area is 235 Å². The zero-order valence-corrected chi connectivity index (χ0v) is 22.9. The summed E-state index contributed by atoms with van der Waals surface area (Å²) in [6.07, 6.45) is 5.29. The van der Waals surface area contributed by atoms with E-state index in [0.29, 0.717) is 23.8 Å². The number of nitrogens with two attached hydrogens (primary N) is 1. The quantitative estimate of drug-likeness (QED) is 0.265. The Kier molecular flexibility index (Phi) is 6.98. The number of hydrogen-bond acceptors (Lipinski definition) is 6. The lowest BCUT2D eigenvalue weighted by Gasteiger charge is -2.27. The first-order valence-corrected chi connectivity index (χ1v) is 13.8. The molecule has 1 aliphatic heterocycles.